The van der Waals surface area contributed by atoms with E-state index in [9.17, 15) is 10.1 Å². The van der Waals surface area contributed by atoms with Crippen LogP contribution in [0.2, 0.25) is 0 Å². The topological polar surface area (TPSA) is 97.5 Å². The SMILES string of the molecule is O=[N+]([O-])c1c(Oc2cccc3cccnc23)ncnc1N1CCN(c2ccccc2)CC1. The van der Waals surface area contributed by atoms with Gasteiger partial charge in [-0.15, -0.1) is 0 Å². The number of para-hydroxylation sites is 2. The van der Waals surface area contributed by atoms with Crippen molar-refractivity contribution in [3.05, 3.63) is 83.3 Å². The Morgan fingerprint density at radius 3 is 2.38 bits per heavy atom. The normalized spacial score (nSPS) is 13.9. The molecular weight excluding hydrogens is 408 g/mol. The van der Waals surface area contributed by atoms with Crippen LogP contribution in [-0.2, 0) is 0 Å². The number of ether oxygens (including phenoxy) is 1. The maximum atomic E-state index is 12.0. The van der Waals surface area contributed by atoms with E-state index in [0.717, 1.165) is 24.2 Å². The number of rotatable bonds is 5. The highest BCUT2D eigenvalue weighted by Crippen LogP contribution is 2.38. The molecule has 1 saturated heterocycles. The van der Waals surface area contributed by atoms with Crippen LogP contribution in [0.1, 0.15) is 0 Å². The van der Waals surface area contributed by atoms with Crippen molar-refractivity contribution < 1.29 is 9.66 Å². The van der Waals surface area contributed by atoms with Gasteiger partial charge in [0.2, 0.25) is 5.82 Å². The van der Waals surface area contributed by atoms with Gasteiger partial charge in [-0.1, -0.05) is 36.4 Å². The predicted molar refractivity (Wildman–Crippen MR) is 121 cm³/mol. The largest absolute Gasteiger partial charge is 0.431 e. The number of nitro groups is 1. The first-order valence-electron chi connectivity index (χ1n) is 10.3. The van der Waals surface area contributed by atoms with Gasteiger partial charge in [-0.05, 0) is 24.3 Å². The number of fused-ring (bicyclic) bond motifs is 1. The van der Waals surface area contributed by atoms with Crippen LogP contribution in [-0.4, -0.2) is 46.1 Å². The number of pyridine rings is 1. The second-order valence-corrected chi connectivity index (χ2v) is 7.35. The Morgan fingerprint density at radius 2 is 1.59 bits per heavy atom. The van der Waals surface area contributed by atoms with Crippen LogP contribution in [0.15, 0.2) is 73.2 Å². The maximum absolute atomic E-state index is 12.0. The number of nitrogens with zero attached hydrogens (tertiary/aromatic N) is 6. The van der Waals surface area contributed by atoms with E-state index < -0.39 is 4.92 Å². The van der Waals surface area contributed by atoms with E-state index in [4.69, 9.17) is 4.74 Å². The molecule has 5 rings (SSSR count). The number of piperazine rings is 1. The summed E-state index contributed by atoms with van der Waals surface area (Å²) in [6, 6.07) is 19.3. The molecule has 0 atom stereocenters. The summed E-state index contributed by atoms with van der Waals surface area (Å²) in [5.74, 6) is 0.578. The molecule has 0 unspecified atom stereocenters. The monoisotopic (exact) mass is 428 g/mol. The third-order valence-electron chi connectivity index (χ3n) is 5.45. The van der Waals surface area contributed by atoms with E-state index in [2.05, 4.69) is 32.0 Å². The van der Waals surface area contributed by atoms with Crippen molar-refractivity contribution in [2.24, 2.45) is 0 Å². The van der Waals surface area contributed by atoms with E-state index in [1.807, 2.05) is 47.4 Å². The Hall–Kier alpha value is -4.27. The van der Waals surface area contributed by atoms with Crippen LogP contribution >= 0.6 is 0 Å². The summed E-state index contributed by atoms with van der Waals surface area (Å²) in [6.45, 7) is 2.66. The Morgan fingerprint density at radius 1 is 0.844 bits per heavy atom. The number of hydrogen-bond donors (Lipinski definition) is 0. The second kappa shape index (κ2) is 8.46. The lowest BCUT2D eigenvalue weighted by Crippen LogP contribution is -2.47. The summed E-state index contributed by atoms with van der Waals surface area (Å²) in [4.78, 5) is 28.4. The van der Waals surface area contributed by atoms with Crippen molar-refractivity contribution in [2.75, 3.05) is 36.0 Å². The van der Waals surface area contributed by atoms with Gasteiger partial charge in [0.25, 0.3) is 0 Å². The van der Waals surface area contributed by atoms with Crippen LogP contribution in [0.4, 0.5) is 17.2 Å². The van der Waals surface area contributed by atoms with Gasteiger partial charge in [0, 0.05) is 43.4 Å². The molecule has 32 heavy (non-hydrogen) atoms. The third-order valence-corrected chi connectivity index (χ3v) is 5.45. The zero-order chi connectivity index (χ0) is 21.9. The van der Waals surface area contributed by atoms with Crippen molar-refractivity contribution >= 4 is 28.1 Å². The molecule has 9 nitrogen and oxygen atoms in total. The van der Waals surface area contributed by atoms with Crippen molar-refractivity contribution in [3.8, 4) is 11.6 Å². The molecule has 0 N–H and O–H groups in total. The Kier molecular flexibility index (Phi) is 5.20. The van der Waals surface area contributed by atoms with Gasteiger partial charge in [-0.3, -0.25) is 15.1 Å². The Labute approximate surface area is 184 Å². The number of anilines is 2. The third kappa shape index (κ3) is 3.76. The zero-order valence-electron chi connectivity index (χ0n) is 17.2. The predicted octanol–water partition coefficient (Wildman–Crippen LogP) is 4.05. The van der Waals surface area contributed by atoms with Crippen molar-refractivity contribution in [1.82, 2.24) is 15.0 Å². The first kappa shape index (κ1) is 19.7. The summed E-state index contributed by atoms with van der Waals surface area (Å²) in [5.41, 5.74) is 1.51. The molecule has 1 fully saturated rings. The molecule has 0 radical (unpaired) electrons. The minimum Gasteiger partial charge on any atom is -0.431 e. The van der Waals surface area contributed by atoms with Gasteiger partial charge in [-0.2, -0.15) is 4.98 Å². The van der Waals surface area contributed by atoms with Crippen LogP contribution in [0.3, 0.4) is 0 Å². The molecule has 1 aliphatic heterocycles. The zero-order valence-corrected chi connectivity index (χ0v) is 17.2. The average Bonchev–Trinajstić information content (AvgIpc) is 2.85. The van der Waals surface area contributed by atoms with Crippen LogP contribution in [0.5, 0.6) is 11.6 Å². The number of aromatic nitrogens is 3. The molecule has 0 spiro atoms. The van der Waals surface area contributed by atoms with Crippen molar-refractivity contribution in [2.45, 2.75) is 0 Å². The lowest BCUT2D eigenvalue weighted by atomic mass is 10.2. The van der Waals surface area contributed by atoms with Gasteiger partial charge in [0.15, 0.2) is 5.75 Å². The first-order chi connectivity index (χ1) is 15.7. The van der Waals surface area contributed by atoms with Crippen molar-refractivity contribution in [1.29, 1.82) is 0 Å². The highest BCUT2D eigenvalue weighted by atomic mass is 16.6. The smallest absolute Gasteiger partial charge is 0.373 e. The van der Waals surface area contributed by atoms with Gasteiger partial charge in [0.05, 0.1) is 4.92 Å². The molecule has 0 amide bonds. The van der Waals surface area contributed by atoms with Gasteiger partial charge < -0.3 is 14.5 Å². The van der Waals surface area contributed by atoms with E-state index in [-0.39, 0.29) is 17.4 Å². The van der Waals surface area contributed by atoms with E-state index >= 15 is 0 Å². The standard InChI is InChI=1S/C23H20N6O3/c30-29(31)21-22(28-14-12-27(13-15-28)18-8-2-1-3-9-18)25-16-26-23(21)32-19-10-4-6-17-7-5-11-24-20(17)19/h1-11,16H,12-15H2. The molecule has 3 heterocycles. The second-order valence-electron chi connectivity index (χ2n) is 7.35. The van der Waals surface area contributed by atoms with Crippen LogP contribution in [0, 0.1) is 10.1 Å². The lowest BCUT2D eigenvalue weighted by Gasteiger charge is -2.36. The summed E-state index contributed by atoms with van der Waals surface area (Å²) in [5, 5.41) is 12.9. The van der Waals surface area contributed by atoms with E-state index in [1.165, 1.54) is 6.33 Å². The fraction of sp³-hybridized carbons (Fsp3) is 0.174. The Bertz CT molecular complexity index is 1250. The molecule has 0 aliphatic carbocycles. The van der Waals surface area contributed by atoms with Gasteiger partial charge in [0.1, 0.15) is 11.8 Å². The first-order valence-corrected chi connectivity index (χ1v) is 10.3. The lowest BCUT2D eigenvalue weighted by molar-refractivity contribution is -0.385. The van der Waals surface area contributed by atoms with Gasteiger partial charge >= 0.3 is 11.6 Å². The summed E-state index contributed by atoms with van der Waals surface area (Å²) >= 11 is 0. The van der Waals surface area contributed by atoms with Crippen LogP contribution in [0.25, 0.3) is 10.9 Å². The fourth-order valence-electron chi connectivity index (χ4n) is 3.90. The number of benzene rings is 2. The molecular formula is C23H20N6O3. The minimum absolute atomic E-state index is 0.0938. The molecule has 2 aromatic heterocycles. The summed E-state index contributed by atoms with van der Waals surface area (Å²) in [6.07, 6.45) is 2.96. The van der Waals surface area contributed by atoms with Crippen LogP contribution < -0.4 is 14.5 Å². The number of hydrogen-bond acceptors (Lipinski definition) is 8. The summed E-state index contributed by atoms with van der Waals surface area (Å²) in [7, 11) is 0. The fourth-order valence-corrected chi connectivity index (χ4v) is 3.90. The molecule has 0 saturated carbocycles. The quantitative estimate of drug-likeness (QED) is 0.347. The Balaban J connectivity index is 1.43. The molecule has 2 aromatic carbocycles. The average molecular weight is 428 g/mol. The molecule has 160 valence electrons. The van der Waals surface area contributed by atoms with Crippen molar-refractivity contribution in [3.63, 3.8) is 0 Å². The highest BCUT2D eigenvalue weighted by Gasteiger charge is 2.31. The molecule has 9 heteroatoms. The molecule has 4 aromatic rings. The van der Waals surface area contributed by atoms with E-state index in [0.29, 0.717) is 24.4 Å². The molecule has 1 aliphatic rings. The summed E-state index contributed by atoms with van der Waals surface area (Å²) < 4.78 is 5.91. The minimum atomic E-state index is -0.479. The highest BCUT2D eigenvalue weighted by molar-refractivity contribution is 5.84. The van der Waals surface area contributed by atoms with Gasteiger partial charge in [-0.25, -0.2) is 4.98 Å². The maximum Gasteiger partial charge on any atom is 0.373 e. The molecule has 0 bridgehead atoms. The van der Waals surface area contributed by atoms with E-state index in [1.54, 1.807) is 12.3 Å².